The average Bonchev–Trinajstić information content (AvgIpc) is 3.55. The Hall–Kier alpha value is -3.67. The topological polar surface area (TPSA) is 97.1 Å². The fourth-order valence-corrected chi connectivity index (χ4v) is 7.01. The number of hydrogen-bond donors (Lipinski definition) is 0. The van der Waals surface area contributed by atoms with Crippen LogP contribution in [0.3, 0.4) is 0 Å². The minimum absolute atomic E-state index is 0.0152. The molecule has 1 aliphatic heterocycles. The molecule has 0 unspecified atom stereocenters. The van der Waals surface area contributed by atoms with E-state index in [4.69, 9.17) is 32.4 Å². The molecule has 232 valence electrons. The molecule has 1 amide bonds. The van der Waals surface area contributed by atoms with Crippen LogP contribution in [0.5, 0.6) is 0 Å². The van der Waals surface area contributed by atoms with Crippen molar-refractivity contribution >= 4 is 72.8 Å². The minimum Gasteiger partial charge on any atom is -0.465 e. The van der Waals surface area contributed by atoms with Crippen molar-refractivity contribution in [3.8, 4) is 0 Å². The quantitative estimate of drug-likeness (QED) is 0.128. The van der Waals surface area contributed by atoms with Crippen LogP contribution in [-0.2, 0) is 37.4 Å². The molecular formula is C33H27BrCl2N2O6S. The van der Waals surface area contributed by atoms with Crippen molar-refractivity contribution in [3.05, 3.63) is 133 Å². The van der Waals surface area contributed by atoms with Gasteiger partial charge in [0.2, 0.25) is 10.0 Å². The summed E-state index contributed by atoms with van der Waals surface area (Å²) in [5, 5.41) is 0.657. The zero-order chi connectivity index (χ0) is 32.5. The first-order valence-electron chi connectivity index (χ1n) is 13.6. The fourth-order valence-electron chi connectivity index (χ4n) is 4.91. The zero-order valence-corrected chi connectivity index (χ0v) is 28.3. The number of ether oxygens (including phenoxy) is 1. The maximum absolute atomic E-state index is 13.8. The third kappa shape index (κ3) is 6.95. The molecule has 2 heterocycles. The number of carbonyl (C=O) groups excluding carboxylic acids is 2. The van der Waals surface area contributed by atoms with E-state index in [9.17, 15) is 18.0 Å². The number of amides is 1. The normalized spacial score (nSPS) is 14.6. The second-order valence-electron chi connectivity index (χ2n) is 10.3. The summed E-state index contributed by atoms with van der Waals surface area (Å²) in [7, 11) is -2.74. The molecule has 1 aromatic heterocycles. The van der Waals surface area contributed by atoms with Gasteiger partial charge >= 0.3 is 5.97 Å². The highest BCUT2D eigenvalue weighted by atomic mass is 79.9. The molecule has 0 radical (unpaired) electrons. The summed E-state index contributed by atoms with van der Waals surface area (Å²) in [6.45, 7) is 3.39. The van der Waals surface area contributed by atoms with Gasteiger partial charge in [-0.2, -0.15) is 4.31 Å². The largest absolute Gasteiger partial charge is 0.465 e. The van der Waals surface area contributed by atoms with Crippen molar-refractivity contribution < 1.29 is 27.2 Å². The molecular weight excluding hydrogens is 703 g/mol. The lowest BCUT2D eigenvalue weighted by atomic mass is 10.1. The first-order chi connectivity index (χ1) is 21.4. The van der Waals surface area contributed by atoms with Gasteiger partial charge in [0.25, 0.3) is 5.91 Å². The molecule has 8 nitrogen and oxygen atoms in total. The van der Waals surface area contributed by atoms with Crippen molar-refractivity contribution in [2.45, 2.75) is 31.8 Å². The van der Waals surface area contributed by atoms with Gasteiger partial charge in [-0.3, -0.25) is 9.69 Å². The number of aryl methyl sites for hydroxylation is 1. The average molecular weight is 730 g/mol. The summed E-state index contributed by atoms with van der Waals surface area (Å²) >= 11 is 15.7. The summed E-state index contributed by atoms with van der Waals surface area (Å²) in [5.74, 6) is -0.548. The summed E-state index contributed by atoms with van der Waals surface area (Å²) < 4.78 is 40.7. The summed E-state index contributed by atoms with van der Waals surface area (Å²) in [5.41, 5.74) is 2.70. The molecule has 5 rings (SSSR count). The van der Waals surface area contributed by atoms with E-state index in [2.05, 4.69) is 15.9 Å². The highest BCUT2D eigenvalue weighted by molar-refractivity contribution is 9.10. The molecule has 3 aromatic carbocycles. The highest BCUT2D eigenvalue weighted by Crippen LogP contribution is 2.36. The maximum atomic E-state index is 13.8. The monoisotopic (exact) mass is 728 g/mol. The first kappa shape index (κ1) is 32.7. The smallest absolute Gasteiger partial charge is 0.340 e. The molecule has 0 fully saturated rings. The molecule has 0 spiro atoms. The lowest BCUT2D eigenvalue weighted by Crippen LogP contribution is -2.30. The van der Waals surface area contributed by atoms with Crippen molar-refractivity contribution in [1.82, 2.24) is 4.31 Å². The fraction of sp³-hybridized carbons (Fsp3) is 0.152. The van der Waals surface area contributed by atoms with E-state index in [-0.39, 0.29) is 34.9 Å². The van der Waals surface area contributed by atoms with Crippen LogP contribution in [0, 0.1) is 6.92 Å². The van der Waals surface area contributed by atoms with E-state index in [0.29, 0.717) is 32.8 Å². The molecule has 0 N–H and O–H groups in total. The Kier molecular flexibility index (Phi) is 9.71. The first-order valence-corrected chi connectivity index (χ1v) is 16.6. The van der Waals surface area contributed by atoms with Crippen molar-refractivity contribution in [2.24, 2.45) is 0 Å². The Bertz CT molecular complexity index is 1970. The molecule has 0 atom stereocenters. The number of halogens is 3. The van der Waals surface area contributed by atoms with Crippen LogP contribution in [-0.4, -0.2) is 31.7 Å². The van der Waals surface area contributed by atoms with Crippen molar-refractivity contribution in [3.63, 3.8) is 0 Å². The number of furan rings is 1. The van der Waals surface area contributed by atoms with Crippen LogP contribution in [0.25, 0.3) is 6.08 Å². The standard InChI is InChI=1S/C33H27BrCl2N2O6S/c1-20-7-12-27(13-8-20)45(41,42)37(18-22-9-14-29(35)30(36)15-22)19-26-11-10-25(44-26)17-28-31(33(40)43-3)21(2)38(32(28)39)24-6-4-5-23(34)16-24/h4-17H,18-19H2,1-3H3/b28-17+. The van der Waals surface area contributed by atoms with Gasteiger partial charge in [-0.1, -0.05) is 69.0 Å². The summed E-state index contributed by atoms with van der Waals surface area (Å²) in [6.07, 6.45) is 1.46. The third-order valence-corrected chi connectivity index (χ3v) is 10.2. The second-order valence-corrected chi connectivity index (χ2v) is 13.9. The third-order valence-electron chi connectivity index (χ3n) is 7.16. The molecule has 0 saturated carbocycles. The van der Waals surface area contributed by atoms with Gasteiger partial charge < -0.3 is 9.15 Å². The van der Waals surface area contributed by atoms with Crippen LogP contribution < -0.4 is 4.90 Å². The van der Waals surface area contributed by atoms with Gasteiger partial charge in [0.1, 0.15) is 11.5 Å². The van der Waals surface area contributed by atoms with Gasteiger partial charge in [0.15, 0.2) is 0 Å². The van der Waals surface area contributed by atoms with Crippen LogP contribution in [0.1, 0.15) is 29.6 Å². The maximum Gasteiger partial charge on any atom is 0.340 e. The van der Waals surface area contributed by atoms with E-state index >= 15 is 0 Å². The number of sulfonamides is 1. The predicted molar refractivity (Wildman–Crippen MR) is 177 cm³/mol. The van der Waals surface area contributed by atoms with Gasteiger partial charge in [-0.15, -0.1) is 0 Å². The number of benzene rings is 3. The lowest BCUT2D eigenvalue weighted by Gasteiger charge is -2.22. The van der Waals surface area contributed by atoms with E-state index in [1.54, 1.807) is 79.7 Å². The Morgan fingerprint density at radius 3 is 2.38 bits per heavy atom. The second kappa shape index (κ2) is 13.4. The van der Waals surface area contributed by atoms with Gasteiger partial charge in [-0.05, 0) is 80.1 Å². The molecule has 0 aliphatic carbocycles. The van der Waals surface area contributed by atoms with Crippen LogP contribution >= 0.6 is 39.1 Å². The van der Waals surface area contributed by atoms with Gasteiger partial charge in [0.05, 0.1) is 45.4 Å². The molecule has 0 bridgehead atoms. The number of nitrogens with zero attached hydrogens (tertiary/aromatic N) is 2. The summed E-state index contributed by atoms with van der Waals surface area (Å²) in [4.78, 5) is 28.0. The number of rotatable bonds is 9. The van der Waals surface area contributed by atoms with Gasteiger partial charge in [-0.25, -0.2) is 13.2 Å². The zero-order valence-electron chi connectivity index (χ0n) is 24.4. The number of esters is 1. The number of allylic oxidation sites excluding steroid dienone is 1. The van der Waals surface area contributed by atoms with Crippen molar-refractivity contribution in [1.29, 1.82) is 0 Å². The minimum atomic E-state index is -3.98. The number of methoxy groups -OCH3 is 1. The SMILES string of the molecule is COC(=O)C1=C(C)N(c2cccc(Br)c2)C(=O)/C1=C/c1ccc(CN(Cc2ccc(Cl)c(Cl)c2)S(=O)(=O)c2ccc(C)cc2)o1. The molecule has 12 heteroatoms. The number of carbonyl (C=O) groups is 2. The molecule has 4 aromatic rings. The lowest BCUT2D eigenvalue weighted by molar-refractivity contribution is -0.136. The predicted octanol–water partition coefficient (Wildman–Crippen LogP) is 7.93. The molecule has 1 aliphatic rings. The summed E-state index contributed by atoms with van der Waals surface area (Å²) in [6, 6.07) is 21.9. The van der Waals surface area contributed by atoms with Crippen LogP contribution in [0.15, 0.2) is 109 Å². The Morgan fingerprint density at radius 1 is 0.978 bits per heavy atom. The number of hydrogen-bond acceptors (Lipinski definition) is 6. The Labute approximate surface area is 279 Å². The molecule has 45 heavy (non-hydrogen) atoms. The van der Waals surface area contributed by atoms with Gasteiger partial charge in [0, 0.05) is 16.7 Å². The van der Waals surface area contributed by atoms with E-state index in [1.165, 1.54) is 22.4 Å². The van der Waals surface area contributed by atoms with E-state index in [0.717, 1.165) is 10.0 Å². The number of anilines is 1. The molecule has 0 saturated heterocycles. The highest BCUT2D eigenvalue weighted by Gasteiger charge is 2.38. The Morgan fingerprint density at radius 2 is 1.71 bits per heavy atom. The van der Waals surface area contributed by atoms with E-state index in [1.807, 2.05) is 13.0 Å². The van der Waals surface area contributed by atoms with E-state index < -0.39 is 21.9 Å². The van der Waals surface area contributed by atoms with Crippen LogP contribution in [0.4, 0.5) is 5.69 Å². The Balaban J connectivity index is 1.49. The van der Waals surface area contributed by atoms with Crippen molar-refractivity contribution in [2.75, 3.05) is 12.0 Å². The van der Waals surface area contributed by atoms with Crippen LogP contribution in [0.2, 0.25) is 10.0 Å².